The molecule has 0 spiro atoms. The molecule has 1 aromatic heterocycles. The van der Waals surface area contributed by atoms with Crippen molar-refractivity contribution in [3.8, 4) is 0 Å². The molecule has 3 unspecified atom stereocenters. The van der Waals surface area contributed by atoms with E-state index in [4.69, 9.17) is 0 Å². The first-order chi connectivity index (χ1) is 8.52. The number of aliphatic hydroxyl groups excluding tert-OH is 1. The number of hydrogen-bond donors (Lipinski definition) is 1. The predicted molar refractivity (Wildman–Crippen MR) is 72.4 cm³/mol. The molecule has 0 amide bonds. The van der Waals surface area contributed by atoms with E-state index in [1.165, 1.54) is 6.42 Å². The molecule has 1 fully saturated rings. The van der Waals surface area contributed by atoms with Gasteiger partial charge in [-0.2, -0.15) is 0 Å². The van der Waals surface area contributed by atoms with Gasteiger partial charge in [-0.1, -0.05) is 13.8 Å². The van der Waals surface area contributed by atoms with Gasteiger partial charge in [-0.3, -0.25) is 0 Å². The Kier molecular flexibility index (Phi) is 3.85. The lowest BCUT2D eigenvalue weighted by atomic mass is 9.86. The van der Waals surface area contributed by atoms with Gasteiger partial charge in [0, 0.05) is 24.3 Å². The summed E-state index contributed by atoms with van der Waals surface area (Å²) >= 11 is 0. The van der Waals surface area contributed by atoms with Crippen LogP contribution < -0.4 is 4.90 Å². The third-order valence-electron chi connectivity index (χ3n) is 4.00. The van der Waals surface area contributed by atoms with E-state index < -0.39 is 0 Å². The maximum absolute atomic E-state index is 9.45. The molecular weight excluding hydrogens is 226 g/mol. The highest BCUT2D eigenvalue weighted by molar-refractivity contribution is 5.47. The van der Waals surface area contributed by atoms with E-state index in [0.717, 1.165) is 23.8 Å². The molecule has 18 heavy (non-hydrogen) atoms. The van der Waals surface area contributed by atoms with Gasteiger partial charge in [0.25, 0.3) is 0 Å². The van der Waals surface area contributed by atoms with Crippen molar-refractivity contribution >= 4 is 5.82 Å². The molecule has 1 N–H and O–H groups in total. The molecule has 0 saturated carbocycles. The summed E-state index contributed by atoms with van der Waals surface area (Å²) in [5.41, 5.74) is 0.828. The van der Waals surface area contributed by atoms with Gasteiger partial charge in [-0.25, -0.2) is 9.97 Å². The van der Waals surface area contributed by atoms with Gasteiger partial charge in [0.05, 0.1) is 6.61 Å². The minimum atomic E-state index is 0.00158. The van der Waals surface area contributed by atoms with Gasteiger partial charge in [-0.05, 0) is 32.1 Å². The number of hydrogen-bond acceptors (Lipinski definition) is 4. The first kappa shape index (κ1) is 13.3. The smallest absolute Gasteiger partial charge is 0.138 e. The van der Waals surface area contributed by atoms with Crippen LogP contribution in [0, 0.1) is 18.8 Å². The summed E-state index contributed by atoms with van der Waals surface area (Å²) in [5.74, 6) is 2.99. The number of anilines is 1. The molecule has 2 heterocycles. The highest BCUT2D eigenvalue weighted by Crippen LogP contribution is 2.31. The van der Waals surface area contributed by atoms with Gasteiger partial charge in [0.1, 0.15) is 11.6 Å². The van der Waals surface area contributed by atoms with E-state index in [9.17, 15) is 5.11 Å². The summed E-state index contributed by atoms with van der Waals surface area (Å²) in [6.07, 6.45) is 3.00. The highest BCUT2D eigenvalue weighted by Gasteiger charge is 2.30. The van der Waals surface area contributed by atoms with Gasteiger partial charge < -0.3 is 10.0 Å². The fraction of sp³-hybridized carbons (Fsp3) is 0.714. The lowest BCUT2D eigenvalue weighted by molar-refractivity contribution is 0.274. The van der Waals surface area contributed by atoms with Crippen LogP contribution in [0.1, 0.15) is 38.6 Å². The van der Waals surface area contributed by atoms with Gasteiger partial charge in [0.15, 0.2) is 0 Å². The predicted octanol–water partition coefficient (Wildman–Crippen LogP) is 2.15. The van der Waals surface area contributed by atoms with Gasteiger partial charge >= 0.3 is 0 Å². The molecule has 2 rings (SSSR count). The molecule has 1 saturated heterocycles. The zero-order valence-corrected chi connectivity index (χ0v) is 11.7. The normalized spacial score (nSPS) is 28.5. The topological polar surface area (TPSA) is 49.3 Å². The molecule has 0 aromatic carbocycles. The lowest BCUT2D eigenvalue weighted by Crippen LogP contribution is -2.46. The number of aryl methyl sites for hydroxylation is 1. The second-order valence-electron chi connectivity index (χ2n) is 5.64. The van der Waals surface area contributed by atoms with Crippen molar-refractivity contribution in [2.24, 2.45) is 11.8 Å². The van der Waals surface area contributed by atoms with E-state index in [1.54, 1.807) is 6.20 Å². The van der Waals surface area contributed by atoms with E-state index in [2.05, 4.69) is 35.6 Å². The van der Waals surface area contributed by atoms with Crippen LogP contribution in [-0.2, 0) is 6.61 Å². The Bertz CT molecular complexity index is 422. The highest BCUT2D eigenvalue weighted by atomic mass is 16.3. The van der Waals surface area contributed by atoms with Crippen molar-refractivity contribution in [1.29, 1.82) is 0 Å². The first-order valence-electron chi connectivity index (χ1n) is 6.73. The molecule has 4 nitrogen and oxygen atoms in total. The summed E-state index contributed by atoms with van der Waals surface area (Å²) in [7, 11) is 0. The van der Waals surface area contributed by atoms with Crippen LogP contribution >= 0.6 is 0 Å². The van der Waals surface area contributed by atoms with Crippen molar-refractivity contribution in [3.63, 3.8) is 0 Å². The summed E-state index contributed by atoms with van der Waals surface area (Å²) in [4.78, 5) is 11.0. The van der Waals surface area contributed by atoms with E-state index >= 15 is 0 Å². The number of aromatic nitrogens is 2. The Morgan fingerprint density at radius 3 is 2.78 bits per heavy atom. The zero-order valence-electron chi connectivity index (χ0n) is 11.7. The van der Waals surface area contributed by atoms with Crippen LogP contribution in [0.5, 0.6) is 0 Å². The SMILES string of the molecule is Cc1ncc(CO)c(N2CC(C)CC(C)C2C)n1. The van der Waals surface area contributed by atoms with Crippen LogP contribution in [0.2, 0.25) is 0 Å². The standard InChI is InChI=1S/C14H23N3O/c1-9-5-10(2)11(3)17(7-9)14-13(8-18)6-15-12(4)16-14/h6,9-11,18H,5,7-8H2,1-4H3. The molecule has 4 heteroatoms. The Labute approximate surface area is 109 Å². The third kappa shape index (κ3) is 2.48. The van der Waals surface area contributed by atoms with Gasteiger partial charge in [0.2, 0.25) is 0 Å². The molecule has 1 aliphatic heterocycles. The van der Waals surface area contributed by atoms with E-state index in [-0.39, 0.29) is 6.61 Å². The first-order valence-corrected chi connectivity index (χ1v) is 6.73. The van der Waals surface area contributed by atoms with Crippen LogP contribution in [0.25, 0.3) is 0 Å². The molecule has 1 aliphatic rings. The van der Waals surface area contributed by atoms with Crippen molar-refractivity contribution in [3.05, 3.63) is 17.6 Å². The van der Waals surface area contributed by atoms with Crippen molar-refractivity contribution in [1.82, 2.24) is 9.97 Å². The van der Waals surface area contributed by atoms with Crippen molar-refractivity contribution in [2.45, 2.75) is 46.8 Å². The molecule has 0 bridgehead atoms. The van der Waals surface area contributed by atoms with Gasteiger partial charge in [-0.15, -0.1) is 0 Å². The van der Waals surface area contributed by atoms with Crippen molar-refractivity contribution in [2.75, 3.05) is 11.4 Å². The average molecular weight is 249 g/mol. The minimum absolute atomic E-state index is 0.00158. The number of aliphatic hydroxyl groups is 1. The molecular formula is C14H23N3O. The third-order valence-corrected chi connectivity index (χ3v) is 4.00. The summed E-state index contributed by atoms with van der Waals surface area (Å²) in [5, 5.41) is 9.45. The lowest BCUT2D eigenvalue weighted by Gasteiger charge is -2.42. The molecule has 3 atom stereocenters. The summed E-state index contributed by atoms with van der Waals surface area (Å²) in [6.45, 7) is 9.72. The van der Waals surface area contributed by atoms with E-state index in [0.29, 0.717) is 17.9 Å². The van der Waals surface area contributed by atoms with E-state index in [1.807, 2.05) is 6.92 Å². The largest absolute Gasteiger partial charge is 0.391 e. The number of piperidine rings is 1. The summed E-state index contributed by atoms with van der Waals surface area (Å²) < 4.78 is 0. The Hall–Kier alpha value is -1.16. The van der Waals surface area contributed by atoms with Crippen LogP contribution in [0.4, 0.5) is 5.82 Å². The fourth-order valence-electron chi connectivity index (χ4n) is 2.84. The molecule has 0 radical (unpaired) electrons. The molecule has 0 aliphatic carbocycles. The second kappa shape index (κ2) is 5.22. The van der Waals surface area contributed by atoms with Crippen LogP contribution in [0.3, 0.4) is 0 Å². The second-order valence-corrected chi connectivity index (χ2v) is 5.64. The monoisotopic (exact) mass is 249 g/mol. The molecule has 100 valence electrons. The number of rotatable bonds is 2. The minimum Gasteiger partial charge on any atom is -0.391 e. The van der Waals surface area contributed by atoms with Crippen LogP contribution in [0.15, 0.2) is 6.20 Å². The Balaban J connectivity index is 2.37. The average Bonchev–Trinajstić information content (AvgIpc) is 2.33. The molecule has 1 aromatic rings. The Morgan fingerprint density at radius 2 is 2.11 bits per heavy atom. The number of nitrogens with zero attached hydrogens (tertiary/aromatic N) is 3. The quantitative estimate of drug-likeness (QED) is 0.872. The van der Waals surface area contributed by atoms with Crippen LogP contribution in [-0.4, -0.2) is 27.7 Å². The fourth-order valence-corrected chi connectivity index (χ4v) is 2.84. The maximum atomic E-state index is 9.45. The van der Waals surface area contributed by atoms with Crippen molar-refractivity contribution < 1.29 is 5.11 Å². The zero-order chi connectivity index (χ0) is 13.3. The summed E-state index contributed by atoms with van der Waals surface area (Å²) in [6, 6.07) is 0.459. The Morgan fingerprint density at radius 1 is 1.39 bits per heavy atom. The maximum Gasteiger partial charge on any atom is 0.138 e.